The van der Waals surface area contributed by atoms with E-state index in [1.807, 2.05) is 0 Å². The number of hydrogen-bond donors (Lipinski definition) is 3. The van der Waals surface area contributed by atoms with Crippen molar-refractivity contribution in [3.8, 4) is 5.88 Å². The minimum atomic E-state index is -1.21. The summed E-state index contributed by atoms with van der Waals surface area (Å²) in [6, 6.07) is 0. The van der Waals surface area contributed by atoms with Gasteiger partial charge in [-0.25, -0.2) is 4.79 Å². The summed E-state index contributed by atoms with van der Waals surface area (Å²) in [5.74, 6) is -1.58. The summed E-state index contributed by atoms with van der Waals surface area (Å²) < 4.78 is 2.49. The number of rotatable bonds is 1. The van der Waals surface area contributed by atoms with Gasteiger partial charge in [0.2, 0.25) is 5.88 Å². The second kappa shape index (κ2) is 11.1. The van der Waals surface area contributed by atoms with Gasteiger partial charge in [0.25, 0.3) is 0 Å². The molecule has 0 aliphatic heterocycles. The smallest absolute Gasteiger partial charge is 0.493 e. The van der Waals surface area contributed by atoms with Gasteiger partial charge < -0.3 is 10.2 Å². The minimum absolute atomic E-state index is 0. The minimum Gasteiger partial charge on any atom is -0.493 e. The molecule has 0 spiro atoms. The molecule has 0 amide bonds. The quantitative estimate of drug-likeness (QED) is 0.355. The fraction of sp³-hybridized carbons (Fsp3) is 0. The first kappa shape index (κ1) is 22.2. The van der Waals surface area contributed by atoms with Crippen LogP contribution in [-0.2, 0) is 0 Å². The van der Waals surface area contributed by atoms with Crippen LogP contribution in [-0.4, -0.2) is 20.6 Å². The van der Waals surface area contributed by atoms with Crippen LogP contribution < -0.4 is 154 Å². The molecule has 1 heterocycles. The maximum Gasteiger partial charge on any atom is 1.00 e. The molecule has 0 unspecified atom stereocenters. The number of H-pyrrole nitrogens is 1. The molecule has 54 valence electrons. The van der Waals surface area contributed by atoms with E-state index in [1.165, 1.54) is 0 Å². The molecule has 0 atom stereocenters. The standard InChI is InChI=1S/C4H3NO3S2.3K/c6-2-1(3(7)8)4(9)10-5-2;;;/h5-6H,(H,7,8);;;/q;3*+1. The van der Waals surface area contributed by atoms with Crippen molar-refractivity contribution < 1.29 is 169 Å². The summed E-state index contributed by atoms with van der Waals surface area (Å²) >= 11 is 5.51. The second-order valence-corrected chi connectivity index (χ2v) is 3.00. The third kappa shape index (κ3) is 7.13. The molecule has 0 aromatic carbocycles. The van der Waals surface area contributed by atoms with Gasteiger partial charge in [-0.15, -0.1) is 0 Å². The Morgan fingerprint density at radius 2 is 1.85 bits per heavy atom. The van der Waals surface area contributed by atoms with E-state index in [1.54, 1.807) is 0 Å². The number of hydrogen-bond acceptors (Lipinski definition) is 4. The number of aromatic amines is 1. The largest absolute Gasteiger partial charge is 1.00 e. The third-order valence-corrected chi connectivity index (χ3v) is 2.03. The molecular weight excluding hydrogens is 291 g/mol. The molecular formula is C4H3K3NO3S2+3. The first-order valence-electron chi connectivity index (χ1n) is 2.26. The monoisotopic (exact) mass is 294 g/mol. The Hall–Kier alpha value is 4.03. The van der Waals surface area contributed by atoms with Gasteiger partial charge in [0.1, 0.15) is 9.39 Å². The molecule has 0 bridgehead atoms. The molecule has 0 saturated heterocycles. The van der Waals surface area contributed by atoms with Crippen LogP contribution in [0.3, 0.4) is 0 Å². The first-order valence-corrected chi connectivity index (χ1v) is 3.49. The molecule has 4 nitrogen and oxygen atoms in total. The van der Waals surface area contributed by atoms with Crippen LogP contribution in [0.4, 0.5) is 0 Å². The van der Waals surface area contributed by atoms with E-state index in [0.717, 1.165) is 11.5 Å². The molecule has 1 aromatic heterocycles. The van der Waals surface area contributed by atoms with Crippen molar-refractivity contribution in [2.75, 3.05) is 0 Å². The number of aromatic nitrogens is 1. The van der Waals surface area contributed by atoms with Crippen molar-refractivity contribution in [2.24, 2.45) is 0 Å². The number of carboxylic acid groups (broad SMARTS) is 1. The molecule has 9 heteroatoms. The van der Waals surface area contributed by atoms with E-state index in [4.69, 9.17) is 10.2 Å². The number of carboxylic acids is 1. The SMILES string of the molecule is O=C(O)c1c(O)[nH]sc1=S.[K+].[K+].[K+]. The van der Waals surface area contributed by atoms with Crippen LogP contribution in [0.15, 0.2) is 0 Å². The Morgan fingerprint density at radius 3 is 2.00 bits per heavy atom. The predicted molar refractivity (Wildman–Crippen MR) is 38.1 cm³/mol. The zero-order valence-corrected chi connectivity index (χ0v) is 18.6. The zero-order valence-electron chi connectivity index (χ0n) is 7.62. The van der Waals surface area contributed by atoms with Crippen LogP contribution in [0.2, 0.25) is 0 Å². The predicted octanol–water partition coefficient (Wildman–Crippen LogP) is -7.78. The fourth-order valence-corrected chi connectivity index (χ4v) is 1.37. The van der Waals surface area contributed by atoms with Crippen molar-refractivity contribution in [3.05, 3.63) is 9.39 Å². The molecule has 0 fully saturated rings. The van der Waals surface area contributed by atoms with Crippen molar-refractivity contribution in [1.29, 1.82) is 0 Å². The average molecular weight is 294 g/mol. The molecule has 0 radical (unpaired) electrons. The van der Waals surface area contributed by atoms with Crippen LogP contribution in [0.25, 0.3) is 0 Å². The van der Waals surface area contributed by atoms with E-state index >= 15 is 0 Å². The molecule has 13 heavy (non-hydrogen) atoms. The molecule has 3 N–H and O–H groups in total. The van der Waals surface area contributed by atoms with E-state index in [0.29, 0.717) is 0 Å². The summed E-state index contributed by atoms with van der Waals surface area (Å²) in [7, 11) is 0. The third-order valence-electron chi connectivity index (χ3n) is 0.895. The van der Waals surface area contributed by atoms with E-state index in [9.17, 15) is 4.79 Å². The van der Waals surface area contributed by atoms with Crippen molar-refractivity contribution in [1.82, 2.24) is 4.37 Å². The summed E-state index contributed by atoms with van der Waals surface area (Å²) in [6.07, 6.45) is 0. The van der Waals surface area contributed by atoms with Gasteiger partial charge >= 0.3 is 160 Å². The summed E-state index contributed by atoms with van der Waals surface area (Å²) in [5.41, 5.74) is -0.222. The zero-order chi connectivity index (χ0) is 7.72. The number of carbonyl (C=O) groups is 1. The second-order valence-electron chi connectivity index (χ2n) is 1.52. The van der Waals surface area contributed by atoms with Crippen molar-refractivity contribution in [3.63, 3.8) is 0 Å². The Morgan fingerprint density at radius 1 is 1.38 bits per heavy atom. The van der Waals surface area contributed by atoms with Gasteiger partial charge in [-0.05, 0) is 11.5 Å². The Kier molecular flexibility index (Phi) is 19.0. The molecule has 1 rings (SSSR count). The molecule has 0 aliphatic rings. The number of aromatic carboxylic acids is 1. The van der Waals surface area contributed by atoms with Gasteiger partial charge in [-0.2, -0.15) is 0 Å². The Bertz CT molecular complexity index is 323. The van der Waals surface area contributed by atoms with Gasteiger partial charge in [0, 0.05) is 0 Å². The summed E-state index contributed by atoms with van der Waals surface area (Å²) in [6.45, 7) is 0. The summed E-state index contributed by atoms with van der Waals surface area (Å²) in [5, 5.41) is 17.2. The number of nitrogens with one attached hydrogen (secondary N) is 1. The van der Waals surface area contributed by atoms with E-state index in [2.05, 4.69) is 16.6 Å². The van der Waals surface area contributed by atoms with E-state index in [-0.39, 0.29) is 169 Å². The Balaban J connectivity index is -0.000000333. The van der Waals surface area contributed by atoms with Crippen molar-refractivity contribution in [2.45, 2.75) is 0 Å². The van der Waals surface area contributed by atoms with Gasteiger partial charge in [-0.1, -0.05) is 12.2 Å². The number of aromatic hydroxyl groups is 1. The van der Waals surface area contributed by atoms with Crippen LogP contribution in [0.1, 0.15) is 10.4 Å². The fourth-order valence-electron chi connectivity index (χ4n) is 0.482. The van der Waals surface area contributed by atoms with E-state index < -0.39 is 5.97 Å². The molecule has 1 aromatic rings. The van der Waals surface area contributed by atoms with Crippen molar-refractivity contribution >= 4 is 29.7 Å². The van der Waals surface area contributed by atoms with Crippen LogP contribution >= 0.6 is 23.8 Å². The molecule has 0 aliphatic carbocycles. The van der Waals surface area contributed by atoms with Gasteiger partial charge in [0.05, 0.1) is 0 Å². The maximum absolute atomic E-state index is 10.3. The van der Waals surface area contributed by atoms with Crippen LogP contribution in [0.5, 0.6) is 5.88 Å². The Labute approximate surface area is 212 Å². The average Bonchev–Trinajstić information content (AvgIpc) is 2.11. The summed E-state index contributed by atoms with van der Waals surface area (Å²) in [4.78, 5) is 10.3. The first-order chi connectivity index (χ1) is 4.63. The van der Waals surface area contributed by atoms with Gasteiger partial charge in [-0.3, -0.25) is 4.37 Å². The topological polar surface area (TPSA) is 73.3 Å². The van der Waals surface area contributed by atoms with Crippen LogP contribution in [0, 0.1) is 3.82 Å². The van der Waals surface area contributed by atoms with Gasteiger partial charge in [0.15, 0.2) is 0 Å². The maximum atomic E-state index is 10.3. The normalized spacial score (nSPS) is 7.38. The molecule has 0 saturated carbocycles.